The Morgan fingerprint density at radius 2 is 2.11 bits per heavy atom. The second-order valence-electron chi connectivity index (χ2n) is 5.19. The van der Waals surface area contributed by atoms with Gasteiger partial charge < -0.3 is 11.1 Å². The number of pyridine rings is 1. The average molecular weight is 362 g/mol. The standard InChI is InChI=1S/C13H22N4.HI/c1-10-9-15-7-5-11(10)6-8-16-12(14)17-13(2,3)4;/h5,7,9H,6,8H2,1-4H3,(H3,14,16,17);1H. The lowest BCUT2D eigenvalue weighted by Crippen LogP contribution is -2.45. The molecule has 0 unspecified atom stereocenters. The average Bonchev–Trinajstić information content (AvgIpc) is 2.18. The number of aryl methyl sites for hydroxylation is 1. The highest BCUT2D eigenvalue weighted by molar-refractivity contribution is 14.0. The van der Waals surface area contributed by atoms with Gasteiger partial charge in [0.15, 0.2) is 5.96 Å². The zero-order valence-electron chi connectivity index (χ0n) is 11.5. The van der Waals surface area contributed by atoms with Gasteiger partial charge in [0, 0.05) is 24.5 Å². The summed E-state index contributed by atoms with van der Waals surface area (Å²) in [5.74, 6) is 0.504. The quantitative estimate of drug-likeness (QED) is 0.493. The highest BCUT2D eigenvalue weighted by Crippen LogP contribution is 2.05. The first-order chi connectivity index (χ1) is 7.88. The molecule has 0 saturated carbocycles. The minimum atomic E-state index is -0.0415. The number of nitrogens with two attached hydrogens (primary N) is 1. The van der Waals surface area contributed by atoms with Crippen LogP contribution in [0.3, 0.4) is 0 Å². The van der Waals surface area contributed by atoms with Gasteiger partial charge in [-0.1, -0.05) is 0 Å². The lowest BCUT2D eigenvalue weighted by molar-refractivity contribution is 0.508. The van der Waals surface area contributed by atoms with Crippen molar-refractivity contribution in [2.24, 2.45) is 10.7 Å². The predicted molar refractivity (Wildman–Crippen MR) is 87.5 cm³/mol. The van der Waals surface area contributed by atoms with Crippen molar-refractivity contribution in [3.63, 3.8) is 0 Å². The van der Waals surface area contributed by atoms with Crippen molar-refractivity contribution < 1.29 is 0 Å². The summed E-state index contributed by atoms with van der Waals surface area (Å²) >= 11 is 0. The molecule has 5 heteroatoms. The molecular weight excluding hydrogens is 339 g/mol. The highest BCUT2D eigenvalue weighted by atomic mass is 127. The number of guanidine groups is 1. The van der Waals surface area contributed by atoms with Crippen molar-refractivity contribution in [3.8, 4) is 0 Å². The SMILES string of the molecule is Cc1cnccc1CCN=C(N)NC(C)(C)C.I. The van der Waals surface area contributed by atoms with E-state index in [1.807, 2.05) is 18.5 Å². The molecule has 0 saturated heterocycles. The van der Waals surface area contributed by atoms with E-state index < -0.39 is 0 Å². The third-order valence-electron chi connectivity index (χ3n) is 2.30. The molecule has 1 rings (SSSR count). The van der Waals surface area contributed by atoms with Crippen LogP contribution < -0.4 is 11.1 Å². The maximum absolute atomic E-state index is 5.79. The van der Waals surface area contributed by atoms with E-state index in [1.165, 1.54) is 11.1 Å². The number of halogens is 1. The molecule has 0 atom stereocenters. The zero-order chi connectivity index (χ0) is 12.9. The summed E-state index contributed by atoms with van der Waals surface area (Å²) in [6.07, 6.45) is 4.57. The summed E-state index contributed by atoms with van der Waals surface area (Å²) in [7, 11) is 0. The minimum absolute atomic E-state index is 0. The van der Waals surface area contributed by atoms with Gasteiger partial charge in [0.05, 0.1) is 0 Å². The molecule has 0 aliphatic heterocycles. The van der Waals surface area contributed by atoms with E-state index in [9.17, 15) is 0 Å². The van der Waals surface area contributed by atoms with Gasteiger partial charge in [0.25, 0.3) is 0 Å². The third kappa shape index (κ3) is 6.78. The van der Waals surface area contributed by atoms with Crippen molar-refractivity contribution in [3.05, 3.63) is 29.6 Å². The Bertz CT molecular complexity index is 396. The molecule has 1 aromatic heterocycles. The van der Waals surface area contributed by atoms with Crippen LogP contribution in [0.5, 0.6) is 0 Å². The lowest BCUT2D eigenvalue weighted by Gasteiger charge is -2.21. The summed E-state index contributed by atoms with van der Waals surface area (Å²) in [5, 5.41) is 3.14. The fraction of sp³-hybridized carbons (Fsp3) is 0.538. The molecule has 0 fully saturated rings. The molecule has 3 N–H and O–H groups in total. The van der Waals surface area contributed by atoms with E-state index in [0.29, 0.717) is 12.5 Å². The Kier molecular flexibility index (Phi) is 7.20. The van der Waals surface area contributed by atoms with Crippen molar-refractivity contribution >= 4 is 29.9 Å². The second kappa shape index (κ2) is 7.56. The van der Waals surface area contributed by atoms with Gasteiger partial charge in [0.2, 0.25) is 0 Å². The van der Waals surface area contributed by atoms with E-state index in [4.69, 9.17) is 5.73 Å². The van der Waals surface area contributed by atoms with E-state index in [2.05, 4.69) is 43.0 Å². The van der Waals surface area contributed by atoms with E-state index in [-0.39, 0.29) is 29.5 Å². The second-order valence-corrected chi connectivity index (χ2v) is 5.19. The fourth-order valence-electron chi connectivity index (χ4n) is 1.50. The monoisotopic (exact) mass is 362 g/mol. The fourth-order valence-corrected chi connectivity index (χ4v) is 1.50. The normalized spacial score (nSPS) is 11.9. The van der Waals surface area contributed by atoms with Gasteiger partial charge in [-0.3, -0.25) is 9.98 Å². The summed E-state index contributed by atoms with van der Waals surface area (Å²) in [6, 6.07) is 2.03. The number of nitrogens with zero attached hydrogens (tertiary/aromatic N) is 2. The summed E-state index contributed by atoms with van der Waals surface area (Å²) < 4.78 is 0. The molecule has 0 aromatic carbocycles. The van der Waals surface area contributed by atoms with Gasteiger partial charge >= 0.3 is 0 Å². The van der Waals surface area contributed by atoms with E-state index in [1.54, 1.807) is 0 Å². The molecule has 4 nitrogen and oxygen atoms in total. The van der Waals surface area contributed by atoms with Crippen LogP contribution in [0.15, 0.2) is 23.5 Å². The first kappa shape index (κ1) is 17.2. The van der Waals surface area contributed by atoms with Crippen LogP contribution in [-0.4, -0.2) is 23.0 Å². The minimum Gasteiger partial charge on any atom is -0.370 e. The van der Waals surface area contributed by atoms with E-state index >= 15 is 0 Å². The molecule has 0 aliphatic carbocycles. The summed E-state index contributed by atoms with van der Waals surface area (Å²) in [5.41, 5.74) is 8.22. The number of aliphatic imine (C=N–C) groups is 1. The van der Waals surface area contributed by atoms with Gasteiger partial charge in [-0.25, -0.2) is 0 Å². The Balaban J connectivity index is 0.00000289. The molecule has 0 aliphatic rings. The number of rotatable bonds is 3. The smallest absolute Gasteiger partial charge is 0.188 e. The molecule has 0 radical (unpaired) electrons. The first-order valence-corrected chi connectivity index (χ1v) is 5.86. The lowest BCUT2D eigenvalue weighted by atomic mass is 10.1. The molecular formula is C13H23IN4. The third-order valence-corrected chi connectivity index (χ3v) is 2.30. The van der Waals surface area contributed by atoms with Crippen molar-refractivity contribution in [2.45, 2.75) is 39.7 Å². The van der Waals surface area contributed by atoms with Crippen molar-refractivity contribution in [1.29, 1.82) is 0 Å². The number of nitrogens with one attached hydrogen (secondary N) is 1. The molecule has 1 aromatic rings. The zero-order valence-corrected chi connectivity index (χ0v) is 13.9. The number of aromatic nitrogens is 1. The van der Waals surface area contributed by atoms with Gasteiger partial charge in [-0.2, -0.15) is 0 Å². The van der Waals surface area contributed by atoms with Gasteiger partial charge in [-0.05, 0) is 51.3 Å². The molecule has 18 heavy (non-hydrogen) atoms. The maximum atomic E-state index is 5.79. The van der Waals surface area contributed by atoms with Crippen molar-refractivity contribution in [2.75, 3.05) is 6.54 Å². The van der Waals surface area contributed by atoms with Crippen LogP contribution in [0, 0.1) is 6.92 Å². The summed E-state index contributed by atoms with van der Waals surface area (Å²) in [4.78, 5) is 8.37. The van der Waals surface area contributed by atoms with Crippen molar-refractivity contribution in [1.82, 2.24) is 10.3 Å². The van der Waals surface area contributed by atoms with Crippen LogP contribution in [0.1, 0.15) is 31.9 Å². The molecule has 1 heterocycles. The Hall–Kier alpha value is -0.850. The highest BCUT2D eigenvalue weighted by Gasteiger charge is 2.09. The molecule has 0 bridgehead atoms. The molecule has 0 spiro atoms. The summed E-state index contributed by atoms with van der Waals surface area (Å²) in [6.45, 7) is 8.93. The number of hydrogen-bond donors (Lipinski definition) is 2. The largest absolute Gasteiger partial charge is 0.370 e. The maximum Gasteiger partial charge on any atom is 0.188 e. The number of hydrogen-bond acceptors (Lipinski definition) is 2. The Morgan fingerprint density at radius 1 is 1.44 bits per heavy atom. The van der Waals surface area contributed by atoms with Gasteiger partial charge in [-0.15, -0.1) is 24.0 Å². The predicted octanol–water partition coefficient (Wildman–Crippen LogP) is 2.25. The molecule has 102 valence electrons. The van der Waals surface area contributed by atoms with Crippen LogP contribution >= 0.6 is 24.0 Å². The molecule has 0 amide bonds. The van der Waals surface area contributed by atoms with Crippen LogP contribution in [-0.2, 0) is 6.42 Å². The topological polar surface area (TPSA) is 63.3 Å². The first-order valence-electron chi connectivity index (χ1n) is 5.86. The van der Waals surface area contributed by atoms with E-state index in [0.717, 1.165) is 6.42 Å². The Morgan fingerprint density at radius 3 is 2.67 bits per heavy atom. The van der Waals surface area contributed by atoms with Crippen LogP contribution in [0.4, 0.5) is 0 Å². The van der Waals surface area contributed by atoms with Gasteiger partial charge in [0.1, 0.15) is 0 Å². The van der Waals surface area contributed by atoms with Crippen LogP contribution in [0.2, 0.25) is 0 Å². The Labute approximate surface area is 126 Å². The van der Waals surface area contributed by atoms with Crippen LogP contribution in [0.25, 0.3) is 0 Å².